The normalized spacial score (nSPS) is 11.2. The Morgan fingerprint density at radius 3 is 2.50 bits per heavy atom. The van der Waals surface area contributed by atoms with Crippen LogP contribution in [0.25, 0.3) is 11.0 Å². The number of amides is 1. The number of ether oxygens (including phenoxy) is 1. The van der Waals surface area contributed by atoms with Crippen molar-refractivity contribution in [3.05, 3.63) is 95.6 Å². The van der Waals surface area contributed by atoms with Crippen molar-refractivity contribution in [3.63, 3.8) is 0 Å². The Kier molecular flexibility index (Phi) is 7.58. The van der Waals surface area contributed by atoms with E-state index in [4.69, 9.17) is 9.72 Å². The fourth-order valence-corrected chi connectivity index (χ4v) is 3.92. The van der Waals surface area contributed by atoms with E-state index in [2.05, 4.69) is 41.9 Å². The monoisotopic (exact) mass is 459 g/mol. The Bertz CT molecular complexity index is 1230. The Hall–Kier alpha value is -3.67. The molecule has 3 aromatic carbocycles. The third-order valence-electron chi connectivity index (χ3n) is 5.83. The lowest BCUT2D eigenvalue weighted by Crippen LogP contribution is -2.25. The van der Waals surface area contributed by atoms with Crippen molar-refractivity contribution in [3.8, 4) is 5.75 Å². The van der Waals surface area contributed by atoms with Gasteiger partial charge in [0.05, 0.1) is 17.6 Å². The molecule has 0 aliphatic heterocycles. The van der Waals surface area contributed by atoms with E-state index in [0.717, 1.165) is 35.4 Å². The van der Waals surface area contributed by atoms with Crippen molar-refractivity contribution in [1.29, 1.82) is 0 Å². The molecule has 176 valence electrons. The second-order valence-electron chi connectivity index (χ2n) is 8.61. The number of hydrogen-bond acceptors (Lipinski definition) is 3. The number of nitrogens with zero attached hydrogens (tertiary/aromatic N) is 2. The van der Waals surface area contributed by atoms with E-state index in [1.165, 1.54) is 29.8 Å². The van der Waals surface area contributed by atoms with Gasteiger partial charge in [-0.25, -0.2) is 9.37 Å². The molecule has 6 heteroatoms. The first-order valence-electron chi connectivity index (χ1n) is 11.7. The van der Waals surface area contributed by atoms with Gasteiger partial charge in [-0.1, -0.05) is 38.1 Å². The standard InChI is InChI=1S/C28H30FN3O2/c1-20(2)21-11-15-24(16-12-21)34-19-18-32-26-7-4-3-6-25(26)31-27(32)8-5-17-30-28(33)22-9-13-23(29)14-10-22/h3-4,6-7,9-16,20H,5,8,17-19H2,1-2H3,(H,30,33). The van der Waals surface area contributed by atoms with Crippen LogP contribution in [-0.2, 0) is 13.0 Å². The van der Waals surface area contributed by atoms with Crippen LogP contribution in [0.2, 0.25) is 0 Å². The van der Waals surface area contributed by atoms with Crippen molar-refractivity contribution >= 4 is 16.9 Å². The maximum atomic E-state index is 13.0. The first kappa shape index (κ1) is 23.5. The van der Waals surface area contributed by atoms with E-state index in [-0.39, 0.29) is 11.7 Å². The van der Waals surface area contributed by atoms with E-state index in [9.17, 15) is 9.18 Å². The molecule has 0 saturated heterocycles. The van der Waals surface area contributed by atoms with Gasteiger partial charge < -0.3 is 14.6 Å². The van der Waals surface area contributed by atoms with Gasteiger partial charge >= 0.3 is 0 Å². The molecule has 0 spiro atoms. The van der Waals surface area contributed by atoms with Crippen LogP contribution in [0.3, 0.4) is 0 Å². The van der Waals surface area contributed by atoms with Gasteiger partial charge in [-0.3, -0.25) is 4.79 Å². The third-order valence-corrected chi connectivity index (χ3v) is 5.83. The number of aryl methyl sites for hydroxylation is 1. The highest BCUT2D eigenvalue weighted by molar-refractivity contribution is 5.94. The molecule has 0 saturated carbocycles. The molecular formula is C28H30FN3O2. The lowest BCUT2D eigenvalue weighted by molar-refractivity contribution is 0.0953. The molecule has 4 rings (SSSR count). The summed E-state index contributed by atoms with van der Waals surface area (Å²) < 4.78 is 21.2. The molecule has 1 aromatic heterocycles. The minimum atomic E-state index is -0.355. The van der Waals surface area contributed by atoms with Gasteiger partial charge in [0.2, 0.25) is 0 Å². The number of aromatic nitrogens is 2. The Balaban J connectivity index is 1.35. The molecule has 1 amide bonds. The van der Waals surface area contributed by atoms with E-state index < -0.39 is 0 Å². The summed E-state index contributed by atoms with van der Waals surface area (Å²) in [6.45, 7) is 6.09. The van der Waals surface area contributed by atoms with Gasteiger partial charge in [-0.05, 0) is 66.4 Å². The summed E-state index contributed by atoms with van der Waals surface area (Å²) in [7, 11) is 0. The SMILES string of the molecule is CC(C)c1ccc(OCCn2c(CCCNC(=O)c3ccc(F)cc3)nc3ccccc32)cc1. The van der Waals surface area contributed by atoms with Crippen LogP contribution >= 0.6 is 0 Å². The predicted octanol–water partition coefficient (Wildman–Crippen LogP) is 5.74. The smallest absolute Gasteiger partial charge is 0.251 e. The average Bonchev–Trinajstić information content (AvgIpc) is 3.20. The highest BCUT2D eigenvalue weighted by atomic mass is 19.1. The molecule has 0 atom stereocenters. The third kappa shape index (κ3) is 5.81. The van der Waals surface area contributed by atoms with Crippen LogP contribution in [0.1, 0.15) is 47.9 Å². The van der Waals surface area contributed by atoms with Crippen LogP contribution in [0.5, 0.6) is 5.75 Å². The van der Waals surface area contributed by atoms with E-state index >= 15 is 0 Å². The van der Waals surface area contributed by atoms with Gasteiger partial charge in [0.1, 0.15) is 24.0 Å². The molecule has 5 nitrogen and oxygen atoms in total. The average molecular weight is 460 g/mol. The summed E-state index contributed by atoms with van der Waals surface area (Å²) in [5.41, 5.74) is 3.77. The highest BCUT2D eigenvalue weighted by Crippen LogP contribution is 2.20. The number of hydrogen-bond donors (Lipinski definition) is 1. The summed E-state index contributed by atoms with van der Waals surface area (Å²) in [6.07, 6.45) is 1.47. The molecule has 4 aromatic rings. The zero-order valence-corrected chi connectivity index (χ0v) is 19.6. The largest absolute Gasteiger partial charge is 0.492 e. The van der Waals surface area contributed by atoms with Crippen molar-refractivity contribution in [2.45, 2.75) is 39.2 Å². The Labute approximate surface area is 199 Å². The van der Waals surface area contributed by atoms with Gasteiger partial charge in [-0.2, -0.15) is 0 Å². The Morgan fingerprint density at radius 2 is 1.76 bits per heavy atom. The number of fused-ring (bicyclic) bond motifs is 1. The summed E-state index contributed by atoms with van der Waals surface area (Å²) in [6, 6.07) is 21.9. The van der Waals surface area contributed by atoms with Crippen molar-refractivity contribution in [2.75, 3.05) is 13.2 Å². The number of carbonyl (C=O) groups excluding carboxylic acids is 1. The fourth-order valence-electron chi connectivity index (χ4n) is 3.92. The van der Waals surface area contributed by atoms with Crippen LogP contribution in [0.15, 0.2) is 72.8 Å². The number of halogens is 1. The topological polar surface area (TPSA) is 56.1 Å². The molecule has 0 aliphatic rings. The zero-order chi connectivity index (χ0) is 23.9. The maximum Gasteiger partial charge on any atom is 0.251 e. The quantitative estimate of drug-likeness (QED) is 0.308. The lowest BCUT2D eigenvalue weighted by Gasteiger charge is -2.12. The molecule has 34 heavy (non-hydrogen) atoms. The van der Waals surface area contributed by atoms with Crippen LogP contribution in [0, 0.1) is 5.82 Å². The summed E-state index contributed by atoms with van der Waals surface area (Å²) in [5, 5.41) is 2.90. The minimum absolute atomic E-state index is 0.203. The van der Waals surface area contributed by atoms with Crippen molar-refractivity contribution in [2.24, 2.45) is 0 Å². The van der Waals surface area contributed by atoms with Crippen LogP contribution < -0.4 is 10.1 Å². The maximum absolute atomic E-state index is 13.0. The second-order valence-corrected chi connectivity index (χ2v) is 8.61. The van der Waals surface area contributed by atoms with Gasteiger partial charge in [0, 0.05) is 18.5 Å². The molecule has 1 heterocycles. The first-order chi connectivity index (χ1) is 16.5. The van der Waals surface area contributed by atoms with Gasteiger partial charge in [-0.15, -0.1) is 0 Å². The van der Waals surface area contributed by atoms with E-state index in [1.54, 1.807) is 0 Å². The van der Waals surface area contributed by atoms with Gasteiger partial charge in [0.25, 0.3) is 5.91 Å². The predicted molar refractivity (Wildman–Crippen MR) is 133 cm³/mol. The first-order valence-corrected chi connectivity index (χ1v) is 11.7. The minimum Gasteiger partial charge on any atom is -0.492 e. The molecule has 0 radical (unpaired) electrons. The van der Waals surface area contributed by atoms with Crippen LogP contribution in [-0.4, -0.2) is 28.6 Å². The molecule has 0 aliphatic carbocycles. The van der Waals surface area contributed by atoms with Crippen LogP contribution in [0.4, 0.5) is 4.39 Å². The number of carbonyl (C=O) groups is 1. The fraction of sp³-hybridized carbons (Fsp3) is 0.286. The lowest BCUT2D eigenvalue weighted by atomic mass is 10.0. The molecular weight excluding hydrogens is 429 g/mol. The number of imidazole rings is 1. The molecule has 0 bridgehead atoms. The number of para-hydroxylation sites is 2. The summed E-state index contributed by atoms with van der Waals surface area (Å²) in [5.74, 6) is 1.77. The second kappa shape index (κ2) is 11.0. The van der Waals surface area contributed by atoms with Crippen molar-refractivity contribution < 1.29 is 13.9 Å². The number of nitrogens with one attached hydrogen (secondary N) is 1. The highest BCUT2D eigenvalue weighted by Gasteiger charge is 2.11. The molecule has 0 fully saturated rings. The number of benzene rings is 3. The Morgan fingerprint density at radius 1 is 1.03 bits per heavy atom. The zero-order valence-electron chi connectivity index (χ0n) is 19.6. The van der Waals surface area contributed by atoms with Gasteiger partial charge in [0.15, 0.2) is 0 Å². The van der Waals surface area contributed by atoms with E-state index in [1.807, 2.05) is 30.3 Å². The summed E-state index contributed by atoms with van der Waals surface area (Å²) >= 11 is 0. The number of rotatable bonds is 10. The molecule has 0 unspecified atom stereocenters. The molecule has 1 N–H and O–H groups in total. The van der Waals surface area contributed by atoms with Crippen molar-refractivity contribution in [1.82, 2.24) is 14.9 Å². The summed E-state index contributed by atoms with van der Waals surface area (Å²) in [4.78, 5) is 17.0. The van der Waals surface area contributed by atoms with E-state index in [0.29, 0.717) is 31.2 Å².